The molecular formula is C20H24N2O5. The smallest absolute Gasteiger partial charge is 0.279 e. The lowest BCUT2D eigenvalue weighted by molar-refractivity contribution is -0.128. The first-order valence-electron chi connectivity index (χ1n) is 8.54. The van der Waals surface area contributed by atoms with E-state index in [9.17, 15) is 9.59 Å². The van der Waals surface area contributed by atoms with Gasteiger partial charge < -0.3 is 14.2 Å². The molecule has 0 bridgehead atoms. The number of carbonyl (C=O) groups excluding carboxylic acids is 2. The molecule has 2 rings (SSSR count). The second kappa shape index (κ2) is 9.47. The number of rotatable bonds is 7. The van der Waals surface area contributed by atoms with Crippen LogP contribution in [0.5, 0.6) is 17.2 Å². The van der Waals surface area contributed by atoms with Crippen LogP contribution in [0.1, 0.15) is 29.3 Å². The summed E-state index contributed by atoms with van der Waals surface area (Å²) in [6, 6.07) is 12.1. The number of hydrogen-bond donors (Lipinski definition) is 2. The predicted octanol–water partition coefficient (Wildman–Crippen LogP) is 2.63. The molecule has 0 aliphatic carbocycles. The van der Waals surface area contributed by atoms with Crippen LogP contribution in [-0.4, -0.2) is 32.1 Å². The first-order chi connectivity index (χ1) is 13.0. The Morgan fingerprint density at radius 2 is 1.63 bits per heavy atom. The maximum Gasteiger partial charge on any atom is 0.279 e. The molecule has 0 aliphatic rings. The Hall–Kier alpha value is -3.22. The minimum Gasteiger partial charge on any atom is -0.493 e. The van der Waals surface area contributed by atoms with Crippen LogP contribution in [-0.2, 0) is 4.79 Å². The molecule has 2 aromatic rings. The maximum atomic E-state index is 12.3. The number of nitrogens with one attached hydrogen (secondary N) is 2. The van der Waals surface area contributed by atoms with Crippen molar-refractivity contribution in [2.75, 3.05) is 14.2 Å². The molecule has 7 heteroatoms. The van der Waals surface area contributed by atoms with Gasteiger partial charge in [0.1, 0.15) is 5.75 Å². The van der Waals surface area contributed by atoms with Crippen LogP contribution in [0.15, 0.2) is 42.5 Å². The molecule has 2 amide bonds. The van der Waals surface area contributed by atoms with Crippen molar-refractivity contribution in [3.63, 3.8) is 0 Å². The number of methoxy groups -OCH3 is 2. The SMILES string of the molecule is CC[C@H](Oc1ccc(C)cc1)C(=O)NNC(=O)c1ccc(OC)c(OC)c1. The van der Waals surface area contributed by atoms with Crippen LogP contribution >= 0.6 is 0 Å². The lowest BCUT2D eigenvalue weighted by Crippen LogP contribution is -2.47. The molecule has 0 aromatic heterocycles. The summed E-state index contributed by atoms with van der Waals surface area (Å²) in [5.74, 6) is 0.608. The first-order valence-corrected chi connectivity index (χ1v) is 8.54. The van der Waals surface area contributed by atoms with E-state index >= 15 is 0 Å². The second-order valence-electron chi connectivity index (χ2n) is 5.84. The minimum absolute atomic E-state index is 0.320. The summed E-state index contributed by atoms with van der Waals surface area (Å²) in [7, 11) is 2.99. The van der Waals surface area contributed by atoms with Crippen molar-refractivity contribution in [3.05, 3.63) is 53.6 Å². The van der Waals surface area contributed by atoms with E-state index in [4.69, 9.17) is 14.2 Å². The molecule has 0 saturated heterocycles. The van der Waals surface area contributed by atoms with Gasteiger partial charge >= 0.3 is 0 Å². The van der Waals surface area contributed by atoms with Gasteiger partial charge in [-0.2, -0.15) is 0 Å². The van der Waals surface area contributed by atoms with E-state index in [0.717, 1.165) is 5.56 Å². The van der Waals surface area contributed by atoms with Gasteiger partial charge in [-0.1, -0.05) is 24.6 Å². The summed E-state index contributed by atoms with van der Waals surface area (Å²) in [6.45, 7) is 3.80. The molecule has 0 unspecified atom stereocenters. The predicted molar refractivity (Wildman–Crippen MR) is 101 cm³/mol. The van der Waals surface area contributed by atoms with Gasteiger partial charge in [-0.05, 0) is 43.7 Å². The highest BCUT2D eigenvalue weighted by Gasteiger charge is 2.19. The monoisotopic (exact) mass is 372 g/mol. The van der Waals surface area contributed by atoms with Crippen LogP contribution in [0.2, 0.25) is 0 Å². The molecule has 1 atom stereocenters. The zero-order valence-electron chi connectivity index (χ0n) is 15.9. The van der Waals surface area contributed by atoms with Crippen molar-refractivity contribution in [1.29, 1.82) is 0 Å². The molecule has 27 heavy (non-hydrogen) atoms. The van der Waals surface area contributed by atoms with Gasteiger partial charge in [-0.25, -0.2) is 0 Å². The molecule has 2 aromatic carbocycles. The Morgan fingerprint density at radius 3 is 2.22 bits per heavy atom. The van der Waals surface area contributed by atoms with Crippen molar-refractivity contribution in [3.8, 4) is 17.2 Å². The highest BCUT2D eigenvalue weighted by atomic mass is 16.5. The molecule has 0 aliphatic heterocycles. The van der Waals surface area contributed by atoms with Crippen LogP contribution in [0.3, 0.4) is 0 Å². The summed E-state index contributed by atoms with van der Waals surface area (Å²) in [5.41, 5.74) is 6.20. The number of amides is 2. The summed E-state index contributed by atoms with van der Waals surface area (Å²) >= 11 is 0. The van der Waals surface area contributed by atoms with Crippen molar-refractivity contribution in [2.24, 2.45) is 0 Å². The van der Waals surface area contributed by atoms with Gasteiger partial charge in [0.15, 0.2) is 17.6 Å². The standard InChI is InChI=1S/C20H24N2O5/c1-5-16(27-15-9-6-13(2)7-10-15)20(24)22-21-19(23)14-8-11-17(25-3)18(12-14)26-4/h6-12,16H,5H2,1-4H3,(H,21,23)(H,22,24)/t16-/m0/s1. The fraction of sp³-hybridized carbons (Fsp3) is 0.300. The molecule has 0 heterocycles. The van der Waals surface area contributed by atoms with Crippen molar-refractivity contribution in [1.82, 2.24) is 10.9 Å². The number of benzene rings is 2. The third kappa shape index (κ3) is 5.37. The molecule has 2 N–H and O–H groups in total. The van der Waals surface area contributed by atoms with E-state index in [0.29, 0.717) is 29.2 Å². The lowest BCUT2D eigenvalue weighted by Gasteiger charge is -2.18. The van der Waals surface area contributed by atoms with E-state index < -0.39 is 17.9 Å². The third-order valence-electron chi connectivity index (χ3n) is 3.91. The maximum absolute atomic E-state index is 12.3. The van der Waals surface area contributed by atoms with Gasteiger partial charge in [-0.15, -0.1) is 0 Å². The molecule has 0 saturated carbocycles. The number of aryl methyl sites for hydroxylation is 1. The Bertz CT molecular complexity index is 789. The van der Waals surface area contributed by atoms with E-state index in [1.807, 2.05) is 26.0 Å². The number of hydrogen-bond acceptors (Lipinski definition) is 5. The average molecular weight is 372 g/mol. The largest absolute Gasteiger partial charge is 0.493 e. The Kier molecular flexibility index (Phi) is 7.05. The van der Waals surface area contributed by atoms with Crippen LogP contribution in [0.4, 0.5) is 0 Å². The Morgan fingerprint density at radius 1 is 0.963 bits per heavy atom. The van der Waals surface area contributed by atoms with Crippen molar-refractivity contribution >= 4 is 11.8 Å². The Balaban J connectivity index is 1.96. The van der Waals surface area contributed by atoms with Crippen LogP contribution in [0.25, 0.3) is 0 Å². The van der Waals surface area contributed by atoms with Crippen molar-refractivity contribution < 1.29 is 23.8 Å². The van der Waals surface area contributed by atoms with Gasteiger partial charge in [0, 0.05) is 5.56 Å². The fourth-order valence-corrected chi connectivity index (χ4v) is 2.35. The molecule has 0 radical (unpaired) electrons. The topological polar surface area (TPSA) is 85.9 Å². The molecule has 0 fully saturated rings. The van der Waals surface area contributed by atoms with E-state index in [2.05, 4.69) is 10.9 Å². The number of carbonyl (C=O) groups is 2. The summed E-state index contributed by atoms with van der Waals surface area (Å²) < 4.78 is 16.0. The van der Waals surface area contributed by atoms with Crippen molar-refractivity contribution in [2.45, 2.75) is 26.4 Å². The zero-order valence-corrected chi connectivity index (χ0v) is 15.9. The molecule has 144 valence electrons. The summed E-state index contributed by atoms with van der Waals surface area (Å²) in [6.07, 6.45) is -0.273. The normalized spacial score (nSPS) is 11.3. The fourth-order valence-electron chi connectivity index (χ4n) is 2.35. The second-order valence-corrected chi connectivity index (χ2v) is 5.84. The van der Waals surface area contributed by atoms with Crippen LogP contribution < -0.4 is 25.1 Å². The molecule has 0 spiro atoms. The number of ether oxygens (including phenoxy) is 3. The number of hydrazine groups is 1. The van der Waals surface area contributed by atoms with Gasteiger partial charge in [0.25, 0.3) is 11.8 Å². The molecule has 7 nitrogen and oxygen atoms in total. The van der Waals surface area contributed by atoms with Gasteiger partial charge in [0.05, 0.1) is 14.2 Å². The zero-order chi connectivity index (χ0) is 19.8. The van der Waals surface area contributed by atoms with Gasteiger partial charge in [0.2, 0.25) is 0 Å². The highest BCUT2D eigenvalue weighted by molar-refractivity contribution is 5.96. The third-order valence-corrected chi connectivity index (χ3v) is 3.91. The van der Waals surface area contributed by atoms with E-state index in [-0.39, 0.29) is 0 Å². The van der Waals surface area contributed by atoms with E-state index in [1.54, 1.807) is 24.3 Å². The van der Waals surface area contributed by atoms with Crippen LogP contribution in [0, 0.1) is 6.92 Å². The molecular weight excluding hydrogens is 348 g/mol. The van der Waals surface area contributed by atoms with Gasteiger partial charge in [-0.3, -0.25) is 20.4 Å². The lowest BCUT2D eigenvalue weighted by atomic mass is 10.2. The Labute approximate surface area is 158 Å². The first kappa shape index (κ1) is 20.1. The van der Waals surface area contributed by atoms with E-state index in [1.165, 1.54) is 20.3 Å². The summed E-state index contributed by atoms with van der Waals surface area (Å²) in [5, 5.41) is 0. The highest BCUT2D eigenvalue weighted by Crippen LogP contribution is 2.27. The quantitative estimate of drug-likeness (QED) is 0.730. The minimum atomic E-state index is -0.724. The average Bonchev–Trinajstić information content (AvgIpc) is 2.70. The summed E-state index contributed by atoms with van der Waals surface area (Å²) in [4.78, 5) is 24.6.